The highest BCUT2D eigenvalue weighted by atomic mass is 32.2. The van der Waals surface area contributed by atoms with E-state index in [2.05, 4.69) is 0 Å². The second kappa shape index (κ2) is 12.2. The van der Waals surface area contributed by atoms with Crippen LogP contribution in [-0.4, -0.2) is 48.0 Å². The number of carbonyl (C=O) groups is 2. The SMILES string of the molecule is CSCC[C@H](N)C(=O)OC(OC(=O)[C@@H](N)CCSC)c1ccccc1. The Bertz CT molecular complexity index is 503. The van der Waals surface area contributed by atoms with Crippen LogP contribution in [0.1, 0.15) is 24.7 Å². The van der Waals surface area contributed by atoms with Gasteiger partial charge in [0.25, 0.3) is 6.29 Å². The molecule has 25 heavy (non-hydrogen) atoms. The molecule has 140 valence electrons. The van der Waals surface area contributed by atoms with Gasteiger partial charge in [-0.2, -0.15) is 23.5 Å². The fourth-order valence-corrected chi connectivity index (χ4v) is 2.86. The van der Waals surface area contributed by atoms with Crippen molar-refractivity contribution in [3.05, 3.63) is 35.9 Å². The molecule has 0 aliphatic rings. The van der Waals surface area contributed by atoms with Crippen LogP contribution in [0.3, 0.4) is 0 Å². The van der Waals surface area contributed by atoms with Crippen molar-refractivity contribution in [2.75, 3.05) is 24.0 Å². The Kier molecular flexibility index (Phi) is 10.6. The summed E-state index contributed by atoms with van der Waals surface area (Å²) in [6.45, 7) is 0. The van der Waals surface area contributed by atoms with Crippen molar-refractivity contribution < 1.29 is 19.1 Å². The maximum Gasteiger partial charge on any atom is 0.326 e. The van der Waals surface area contributed by atoms with Crippen LogP contribution in [0, 0.1) is 0 Å². The number of hydrogen-bond acceptors (Lipinski definition) is 8. The largest absolute Gasteiger partial charge is 0.419 e. The first-order valence-corrected chi connectivity index (χ1v) is 10.7. The maximum atomic E-state index is 12.2. The second-order valence-corrected chi connectivity index (χ2v) is 7.36. The summed E-state index contributed by atoms with van der Waals surface area (Å²) in [5, 5.41) is 0. The molecule has 0 spiro atoms. The molecule has 0 amide bonds. The Morgan fingerprint density at radius 1 is 0.920 bits per heavy atom. The van der Waals surface area contributed by atoms with E-state index >= 15 is 0 Å². The van der Waals surface area contributed by atoms with E-state index in [0.29, 0.717) is 18.4 Å². The molecule has 1 rings (SSSR count). The van der Waals surface area contributed by atoms with E-state index in [0.717, 1.165) is 11.5 Å². The summed E-state index contributed by atoms with van der Waals surface area (Å²) in [6.07, 6.45) is 3.69. The predicted molar refractivity (Wildman–Crippen MR) is 103 cm³/mol. The van der Waals surface area contributed by atoms with Crippen LogP contribution in [0.15, 0.2) is 30.3 Å². The fourth-order valence-electron chi connectivity index (χ4n) is 1.88. The third kappa shape index (κ3) is 8.13. The standard InChI is InChI=1S/C17H26N2O4S2/c1-24-10-8-13(18)15(20)22-17(12-6-4-3-5-7-12)23-16(21)14(19)9-11-25-2/h3-7,13-14,17H,8-11,18-19H2,1-2H3/t13-,14-/m0/s1. The highest BCUT2D eigenvalue weighted by molar-refractivity contribution is 7.98. The fraction of sp³-hybridized carbons (Fsp3) is 0.529. The summed E-state index contributed by atoms with van der Waals surface area (Å²) in [5.74, 6) is 0.277. The van der Waals surface area contributed by atoms with Gasteiger partial charge in [-0.1, -0.05) is 30.3 Å². The molecule has 0 aliphatic heterocycles. The van der Waals surface area contributed by atoms with E-state index in [-0.39, 0.29) is 0 Å². The van der Waals surface area contributed by atoms with Crippen molar-refractivity contribution in [1.29, 1.82) is 0 Å². The smallest absolute Gasteiger partial charge is 0.326 e. The molecule has 2 atom stereocenters. The van der Waals surface area contributed by atoms with E-state index in [4.69, 9.17) is 20.9 Å². The van der Waals surface area contributed by atoms with Gasteiger partial charge in [-0.3, -0.25) is 9.59 Å². The van der Waals surface area contributed by atoms with Gasteiger partial charge in [0.2, 0.25) is 0 Å². The molecule has 6 nitrogen and oxygen atoms in total. The molecule has 4 N–H and O–H groups in total. The first-order chi connectivity index (χ1) is 12.0. The van der Waals surface area contributed by atoms with E-state index in [9.17, 15) is 9.59 Å². The molecule has 0 saturated heterocycles. The van der Waals surface area contributed by atoms with E-state index in [1.165, 1.54) is 0 Å². The van der Waals surface area contributed by atoms with Crippen molar-refractivity contribution in [2.45, 2.75) is 31.2 Å². The zero-order valence-corrected chi connectivity index (χ0v) is 16.2. The van der Waals surface area contributed by atoms with Crippen LogP contribution >= 0.6 is 23.5 Å². The lowest BCUT2D eigenvalue weighted by Crippen LogP contribution is -2.37. The van der Waals surface area contributed by atoms with Gasteiger partial charge >= 0.3 is 11.9 Å². The van der Waals surface area contributed by atoms with Crippen LogP contribution in [0.25, 0.3) is 0 Å². The van der Waals surface area contributed by atoms with Crippen molar-refractivity contribution in [3.63, 3.8) is 0 Å². The van der Waals surface area contributed by atoms with E-state index in [1.807, 2.05) is 18.6 Å². The van der Waals surface area contributed by atoms with E-state index in [1.54, 1.807) is 47.8 Å². The molecule has 1 aromatic rings. The molecule has 0 unspecified atom stereocenters. The van der Waals surface area contributed by atoms with Crippen LogP contribution in [-0.2, 0) is 19.1 Å². The third-order valence-electron chi connectivity index (χ3n) is 3.39. The highest BCUT2D eigenvalue weighted by Crippen LogP contribution is 2.21. The second-order valence-electron chi connectivity index (χ2n) is 5.39. The summed E-state index contributed by atoms with van der Waals surface area (Å²) in [6, 6.07) is 7.26. The highest BCUT2D eigenvalue weighted by Gasteiger charge is 2.26. The van der Waals surface area contributed by atoms with Crippen LogP contribution < -0.4 is 11.5 Å². The Labute approximate surface area is 157 Å². The molecule has 0 saturated carbocycles. The maximum absolute atomic E-state index is 12.2. The lowest BCUT2D eigenvalue weighted by molar-refractivity contribution is -0.191. The Morgan fingerprint density at radius 2 is 1.36 bits per heavy atom. The molecular formula is C17H26N2O4S2. The Morgan fingerprint density at radius 3 is 1.76 bits per heavy atom. The molecule has 0 aromatic heterocycles. The number of rotatable bonds is 11. The first-order valence-electron chi connectivity index (χ1n) is 7.94. The summed E-state index contributed by atoms with van der Waals surface area (Å²) in [4.78, 5) is 24.3. The van der Waals surface area contributed by atoms with E-state index < -0.39 is 30.3 Å². The number of carbonyl (C=O) groups excluding carboxylic acids is 2. The van der Waals surface area contributed by atoms with Gasteiger partial charge < -0.3 is 20.9 Å². The number of nitrogens with two attached hydrogens (primary N) is 2. The van der Waals surface area contributed by atoms with Gasteiger partial charge in [-0.25, -0.2) is 0 Å². The van der Waals surface area contributed by atoms with Gasteiger partial charge in [-0.15, -0.1) is 0 Å². The molecule has 0 radical (unpaired) electrons. The molecule has 0 heterocycles. The molecule has 8 heteroatoms. The van der Waals surface area contributed by atoms with Crippen molar-refractivity contribution in [3.8, 4) is 0 Å². The molecule has 0 bridgehead atoms. The van der Waals surface area contributed by atoms with Gasteiger partial charge in [-0.05, 0) is 36.9 Å². The van der Waals surface area contributed by atoms with Crippen LogP contribution in [0.4, 0.5) is 0 Å². The quantitative estimate of drug-likeness (QED) is 0.439. The van der Waals surface area contributed by atoms with Crippen LogP contribution in [0.5, 0.6) is 0 Å². The summed E-state index contributed by atoms with van der Waals surface area (Å²) in [7, 11) is 0. The van der Waals surface area contributed by atoms with Crippen LogP contribution in [0.2, 0.25) is 0 Å². The van der Waals surface area contributed by atoms with Gasteiger partial charge in [0, 0.05) is 5.56 Å². The Balaban J connectivity index is 2.77. The molecule has 1 aromatic carbocycles. The molecule has 0 fully saturated rings. The zero-order chi connectivity index (χ0) is 18.7. The first kappa shape index (κ1) is 21.8. The third-order valence-corrected chi connectivity index (χ3v) is 4.68. The Hall–Kier alpha value is -1.22. The summed E-state index contributed by atoms with van der Waals surface area (Å²) < 4.78 is 10.7. The van der Waals surface area contributed by atoms with Crippen molar-refractivity contribution >= 4 is 35.5 Å². The number of esters is 2. The average molecular weight is 387 g/mol. The average Bonchev–Trinajstić information content (AvgIpc) is 2.63. The number of thioether (sulfide) groups is 2. The minimum Gasteiger partial charge on any atom is -0.419 e. The summed E-state index contributed by atoms with van der Waals surface area (Å²) in [5.41, 5.74) is 12.2. The monoisotopic (exact) mass is 386 g/mol. The number of ether oxygens (including phenoxy) is 2. The van der Waals surface area contributed by atoms with Gasteiger partial charge in [0.15, 0.2) is 0 Å². The number of hydrogen-bond donors (Lipinski definition) is 2. The summed E-state index contributed by atoms with van der Waals surface area (Å²) >= 11 is 3.19. The van der Waals surface area contributed by atoms with Gasteiger partial charge in [0.05, 0.1) is 0 Å². The minimum absolute atomic E-state index is 0.489. The molecular weight excluding hydrogens is 360 g/mol. The normalized spacial score (nSPS) is 13.3. The van der Waals surface area contributed by atoms with Crippen molar-refractivity contribution in [1.82, 2.24) is 0 Å². The van der Waals surface area contributed by atoms with Gasteiger partial charge in [0.1, 0.15) is 12.1 Å². The lowest BCUT2D eigenvalue weighted by atomic mass is 10.2. The van der Waals surface area contributed by atoms with Crippen molar-refractivity contribution in [2.24, 2.45) is 11.5 Å². The number of benzene rings is 1. The topological polar surface area (TPSA) is 105 Å². The predicted octanol–water partition coefficient (Wildman–Crippen LogP) is 1.93. The minimum atomic E-state index is -1.15. The zero-order valence-electron chi connectivity index (χ0n) is 14.6. The lowest BCUT2D eigenvalue weighted by Gasteiger charge is -2.22. The molecule has 0 aliphatic carbocycles.